The van der Waals surface area contributed by atoms with Crippen molar-refractivity contribution in [3.8, 4) is 6.07 Å². The van der Waals surface area contributed by atoms with Crippen molar-refractivity contribution in [2.45, 2.75) is 12.5 Å². The van der Waals surface area contributed by atoms with Crippen molar-refractivity contribution < 1.29 is 13.9 Å². The van der Waals surface area contributed by atoms with Crippen molar-refractivity contribution in [2.24, 2.45) is 0 Å². The van der Waals surface area contributed by atoms with E-state index < -0.39 is 12.5 Å². The van der Waals surface area contributed by atoms with Crippen molar-refractivity contribution in [3.05, 3.63) is 17.8 Å². The number of anilines is 2. The van der Waals surface area contributed by atoms with Crippen LogP contribution < -0.4 is 11.1 Å². The molecule has 0 aromatic carbocycles. The largest absolute Gasteiger partial charge is 0.396 e. The molecule has 0 fully saturated rings. The quantitative estimate of drug-likeness (QED) is 0.700. The van der Waals surface area contributed by atoms with Crippen LogP contribution in [-0.4, -0.2) is 29.2 Å². The molecule has 1 aromatic rings. The topological polar surface area (TPSA) is 95.0 Å². The Kier molecular flexibility index (Phi) is 3.96. The second-order valence-electron chi connectivity index (χ2n) is 3.03. The third-order valence-electron chi connectivity index (χ3n) is 1.82. The van der Waals surface area contributed by atoms with Gasteiger partial charge in [-0.3, -0.25) is 0 Å². The standard InChI is InChI=1S/C9H10F2N4O/c10-9(11)7(16)4-14-8-2-1-5(13)6(3-12)15-8/h1-2,7,9,16H,4,13H2,(H,14,15). The van der Waals surface area contributed by atoms with Gasteiger partial charge in [0.1, 0.15) is 18.0 Å². The van der Waals surface area contributed by atoms with Gasteiger partial charge in [0, 0.05) is 6.54 Å². The molecule has 0 spiro atoms. The maximum absolute atomic E-state index is 12.0. The lowest BCUT2D eigenvalue weighted by Crippen LogP contribution is -2.27. The number of nitrogen functional groups attached to an aromatic ring is 1. The van der Waals surface area contributed by atoms with Gasteiger partial charge in [-0.2, -0.15) is 5.26 Å². The number of alkyl halides is 2. The first-order valence-corrected chi connectivity index (χ1v) is 4.41. The second-order valence-corrected chi connectivity index (χ2v) is 3.03. The van der Waals surface area contributed by atoms with Crippen molar-refractivity contribution in [2.75, 3.05) is 17.6 Å². The Morgan fingerprint density at radius 2 is 2.25 bits per heavy atom. The van der Waals surface area contributed by atoms with Crippen molar-refractivity contribution in [1.29, 1.82) is 5.26 Å². The van der Waals surface area contributed by atoms with Crippen LogP contribution in [0.2, 0.25) is 0 Å². The molecule has 0 saturated heterocycles. The summed E-state index contributed by atoms with van der Waals surface area (Å²) in [5.41, 5.74) is 5.64. The van der Waals surface area contributed by atoms with E-state index in [9.17, 15) is 8.78 Å². The predicted molar refractivity (Wildman–Crippen MR) is 53.9 cm³/mol. The molecule has 1 rings (SSSR count). The van der Waals surface area contributed by atoms with Crippen LogP contribution in [0.3, 0.4) is 0 Å². The van der Waals surface area contributed by atoms with Crippen molar-refractivity contribution in [1.82, 2.24) is 4.98 Å². The highest BCUT2D eigenvalue weighted by Gasteiger charge is 2.16. The smallest absolute Gasteiger partial charge is 0.265 e. The highest BCUT2D eigenvalue weighted by Crippen LogP contribution is 2.12. The number of pyridine rings is 1. The zero-order valence-corrected chi connectivity index (χ0v) is 8.19. The Balaban J connectivity index is 2.65. The second kappa shape index (κ2) is 5.23. The maximum Gasteiger partial charge on any atom is 0.265 e. The summed E-state index contributed by atoms with van der Waals surface area (Å²) < 4.78 is 23.9. The average molecular weight is 228 g/mol. The molecule has 16 heavy (non-hydrogen) atoms. The van der Waals surface area contributed by atoms with Crippen LogP contribution in [0.25, 0.3) is 0 Å². The molecule has 1 atom stereocenters. The number of hydrogen-bond acceptors (Lipinski definition) is 5. The van der Waals surface area contributed by atoms with E-state index in [0.717, 1.165) is 0 Å². The van der Waals surface area contributed by atoms with E-state index in [2.05, 4.69) is 10.3 Å². The predicted octanol–water partition coefficient (Wildman–Crippen LogP) is 0.573. The first-order chi connectivity index (χ1) is 7.54. The fourth-order valence-electron chi connectivity index (χ4n) is 0.956. The Labute approximate surface area is 90.5 Å². The average Bonchev–Trinajstić information content (AvgIpc) is 2.27. The normalized spacial score (nSPS) is 12.2. The van der Waals surface area contributed by atoms with E-state index in [0.29, 0.717) is 0 Å². The molecule has 7 heteroatoms. The van der Waals surface area contributed by atoms with E-state index >= 15 is 0 Å². The summed E-state index contributed by atoms with van der Waals surface area (Å²) in [5.74, 6) is 0.213. The first-order valence-electron chi connectivity index (χ1n) is 4.41. The van der Waals surface area contributed by atoms with Crippen molar-refractivity contribution in [3.63, 3.8) is 0 Å². The SMILES string of the molecule is N#Cc1nc(NCC(O)C(F)F)ccc1N. The molecular formula is C9H10F2N4O. The highest BCUT2D eigenvalue weighted by molar-refractivity contribution is 5.54. The van der Waals surface area contributed by atoms with E-state index in [1.807, 2.05) is 0 Å². The zero-order chi connectivity index (χ0) is 12.1. The van der Waals surface area contributed by atoms with Gasteiger partial charge >= 0.3 is 0 Å². The third kappa shape index (κ3) is 3.03. The molecule has 86 valence electrons. The summed E-state index contributed by atoms with van der Waals surface area (Å²) in [6.45, 7) is -0.348. The molecule has 1 aromatic heterocycles. The molecule has 0 radical (unpaired) electrons. The van der Waals surface area contributed by atoms with Gasteiger partial charge in [0.05, 0.1) is 5.69 Å². The molecule has 0 aliphatic carbocycles. The van der Waals surface area contributed by atoms with Gasteiger partial charge in [-0.1, -0.05) is 0 Å². The lowest BCUT2D eigenvalue weighted by Gasteiger charge is -2.11. The van der Waals surface area contributed by atoms with Gasteiger partial charge in [0.15, 0.2) is 5.69 Å². The first kappa shape index (κ1) is 12.1. The number of hydrogen-bond donors (Lipinski definition) is 3. The van der Waals surface area contributed by atoms with E-state index in [-0.39, 0.29) is 23.7 Å². The van der Waals surface area contributed by atoms with Gasteiger partial charge < -0.3 is 16.2 Å². The van der Waals surface area contributed by atoms with E-state index in [1.54, 1.807) is 6.07 Å². The highest BCUT2D eigenvalue weighted by atomic mass is 19.3. The summed E-state index contributed by atoms with van der Waals surface area (Å²) in [7, 11) is 0. The van der Waals surface area contributed by atoms with Crippen LogP contribution in [0.4, 0.5) is 20.3 Å². The lowest BCUT2D eigenvalue weighted by molar-refractivity contribution is 0.00381. The Morgan fingerprint density at radius 1 is 1.56 bits per heavy atom. The van der Waals surface area contributed by atoms with E-state index in [4.69, 9.17) is 16.1 Å². The van der Waals surface area contributed by atoms with Crippen LogP contribution in [0.5, 0.6) is 0 Å². The number of aliphatic hydroxyl groups excluding tert-OH is 1. The molecule has 5 nitrogen and oxygen atoms in total. The number of nitriles is 1. The monoisotopic (exact) mass is 228 g/mol. The van der Waals surface area contributed by atoms with Crippen LogP contribution in [0.1, 0.15) is 5.69 Å². The molecular weight excluding hydrogens is 218 g/mol. The Hall–Kier alpha value is -1.94. The third-order valence-corrected chi connectivity index (χ3v) is 1.82. The minimum atomic E-state index is -2.82. The number of nitrogens with zero attached hydrogens (tertiary/aromatic N) is 2. The van der Waals surface area contributed by atoms with E-state index in [1.165, 1.54) is 12.1 Å². The molecule has 0 aliphatic rings. The number of halogens is 2. The number of aromatic nitrogens is 1. The van der Waals surface area contributed by atoms with Gasteiger partial charge in [-0.25, -0.2) is 13.8 Å². The Morgan fingerprint density at radius 3 is 2.81 bits per heavy atom. The molecule has 0 bridgehead atoms. The summed E-state index contributed by atoms with van der Waals surface area (Å²) in [4.78, 5) is 3.77. The van der Waals surface area contributed by atoms with Crippen LogP contribution in [0.15, 0.2) is 12.1 Å². The summed E-state index contributed by atoms with van der Waals surface area (Å²) >= 11 is 0. The summed E-state index contributed by atoms with van der Waals surface area (Å²) in [5, 5.41) is 19.9. The molecule has 0 aliphatic heterocycles. The molecule has 0 amide bonds. The van der Waals surface area contributed by atoms with Crippen molar-refractivity contribution >= 4 is 11.5 Å². The van der Waals surface area contributed by atoms with Crippen LogP contribution >= 0.6 is 0 Å². The molecule has 0 saturated carbocycles. The lowest BCUT2D eigenvalue weighted by atomic mass is 10.3. The minimum Gasteiger partial charge on any atom is -0.396 e. The number of nitrogens with two attached hydrogens (primary N) is 1. The van der Waals surface area contributed by atoms with Gasteiger partial charge in [-0.15, -0.1) is 0 Å². The molecule has 1 heterocycles. The molecule has 1 unspecified atom stereocenters. The fourth-order valence-corrected chi connectivity index (χ4v) is 0.956. The number of nitrogens with one attached hydrogen (secondary N) is 1. The summed E-state index contributed by atoms with van der Waals surface area (Å²) in [6.07, 6.45) is -4.60. The zero-order valence-electron chi connectivity index (χ0n) is 8.19. The van der Waals surface area contributed by atoms with Gasteiger partial charge in [0.25, 0.3) is 6.43 Å². The summed E-state index contributed by atoms with van der Waals surface area (Å²) in [6, 6.07) is 4.63. The minimum absolute atomic E-state index is 0.0107. The van der Waals surface area contributed by atoms with Crippen LogP contribution in [0, 0.1) is 11.3 Å². The van der Waals surface area contributed by atoms with Gasteiger partial charge in [-0.05, 0) is 12.1 Å². The maximum atomic E-state index is 12.0. The Bertz CT molecular complexity index is 405. The molecule has 4 N–H and O–H groups in total. The number of rotatable bonds is 4. The number of aliphatic hydroxyl groups is 1. The fraction of sp³-hybridized carbons (Fsp3) is 0.333. The van der Waals surface area contributed by atoms with Gasteiger partial charge in [0.2, 0.25) is 0 Å². The van der Waals surface area contributed by atoms with Crippen LogP contribution in [-0.2, 0) is 0 Å².